The van der Waals surface area contributed by atoms with Crippen LogP contribution in [0.4, 0.5) is 0 Å². The zero-order chi connectivity index (χ0) is 64.3. The van der Waals surface area contributed by atoms with E-state index in [0.717, 1.165) is 45.4 Å². The van der Waals surface area contributed by atoms with E-state index in [2.05, 4.69) is 20.2 Å². The van der Waals surface area contributed by atoms with Crippen molar-refractivity contribution in [1.82, 2.24) is 49.1 Å². The molecule has 3 fully saturated rings. The van der Waals surface area contributed by atoms with E-state index >= 15 is 9.59 Å². The molecule has 4 amide bonds. The van der Waals surface area contributed by atoms with E-state index in [4.69, 9.17) is 18.9 Å². The number of rotatable bonds is 20. The van der Waals surface area contributed by atoms with Crippen molar-refractivity contribution >= 4 is 47.5 Å². The Morgan fingerprint density at radius 1 is 0.398 bits per heavy atom. The minimum absolute atomic E-state index is 0.0814. The summed E-state index contributed by atoms with van der Waals surface area (Å²) in [6.07, 6.45) is 3.48. The van der Waals surface area contributed by atoms with E-state index in [-0.39, 0.29) is 62.2 Å². The van der Waals surface area contributed by atoms with Gasteiger partial charge in [-0.3, -0.25) is 19.2 Å². The Hall–Kier alpha value is -7.52. The number of likely N-dealkylation sites (N-methyl/N-ethyl adjacent to an activating group) is 4. The molecule has 88 heavy (non-hydrogen) atoms. The average molecular weight is 1220 g/mol. The molecule has 22 heteroatoms. The van der Waals surface area contributed by atoms with Crippen LogP contribution in [0.3, 0.4) is 0 Å². The van der Waals surface area contributed by atoms with Crippen LogP contribution in [0.15, 0.2) is 61.2 Å². The van der Waals surface area contributed by atoms with Gasteiger partial charge in [0, 0.05) is 53.9 Å². The van der Waals surface area contributed by atoms with Crippen molar-refractivity contribution in [3.63, 3.8) is 0 Å². The quantitative estimate of drug-likeness (QED) is 0.0648. The van der Waals surface area contributed by atoms with Crippen molar-refractivity contribution < 1.29 is 57.3 Å². The summed E-state index contributed by atoms with van der Waals surface area (Å²) in [7, 11) is 5.61. The molecule has 0 radical (unpaired) electrons. The first-order valence-corrected chi connectivity index (χ1v) is 31.4. The van der Waals surface area contributed by atoms with Crippen molar-refractivity contribution in [1.29, 1.82) is 0 Å². The lowest BCUT2D eigenvalue weighted by Crippen LogP contribution is -2.55. The average Bonchev–Trinajstić information content (AvgIpc) is 2.91. The Bertz CT molecular complexity index is 2820. The van der Waals surface area contributed by atoms with Crippen LogP contribution in [0.1, 0.15) is 155 Å². The molecule has 2 aliphatic carbocycles. The smallest absolute Gasteiger partial charge is 0.329 e. The van der Waals surface area contributed by atoms with Crippen LogP contribution in [-0.2, 0) is 96.1 Å². The van der Waals surface area contributed by atoms with Crippen molar-refractivity contribution in [2.45, 2.75) is 208 Å². The second-order valence-electron chi connectivity index (χ2n) is 26.4. The summed E-state index contributed by atoms with van der Waals surface area (Å²) in [5, 5.41) is 8.90. The van der Waals surface area contributed by atoms with Gasteiger partial charge >= 0.3 is 23.9 Å². The van der Waals surface area contributed by atoms with Gasteiger partial charge in [-0.05, 0) is 123 Å². The molecule has 0 unspecified atom stereocenters. The van der Waals surface area contributed by atoms with Gasteiger partial charge < -0.3 is 38.5 Å². The third-order valence-corrected chi connectivity index (χ3v) is 16.8. The van der Waals surface area contributed by atoms with E-state index in [0.29, 0.717) is 36.1 Å². The van der Waals surface area contributed by atoms with Crippen LogP contribution in [0.25, 0.3) is 0 Å². The summed E-state index contributed by atoms with van der Waals surface area (Å²) in [5.74, 6) is -4.40. The number of amides is 4. The van der Waals surface area contributed by atoms with Crippen LogP contribution >= 0.6 is 0 Å². The fourth-order valence-electron chi connectivity index (χ4n) is 11.1. The maximum Gasteiger partial charge on any atom is 0.329 e. The third kappa shape index (κ3) is 18.8. The zero-order valence-electron chi connectivity index (χ0n) is 54.1. The molecule has 1 saturated heterocycles. The number of carbonyl (C=O) groups is 8. The van der Waals surface area contributed by atoms with Gasteiger partial charge in [-0.15, -0.1) is 0 Å². The van der Waals surface area contributed by atoms with E-state index in [1.165, 1.54) is 77.5 Å². The van der Waals surface area contributed by atoms with Crippen molar-refractivity contribution in [3.8, 4) is 0 Å². The number of cyclic esters (lactones) is 4. The zero-order valence-corrected chi connectivity index (χ0v) is 54.1. The standard InChI is InChI=1S/C66H94N10O12/c1-39(2)27-51-63(81)85-43(9)59(77)71(11)54(30-42(7)8)66(84)88-56(32-46-21-25-50(26-22-46)36-76-58(68-38-70-76)34-48-17-18-48)62(80)74(14)52(28-40(3)4)64(82)86-44(10)60(78)72(12)53(29-41(5)6)65(83)87-55(61(79)73(51)13)31-45-19-23-49(24-20-45)35-75-57(67-37-69-75)33-47-15-16-47/h19-26,37-44,47-48,51-56H,15-18,27-36H2,1-14H3/t43-,44-,51+,52+,53+,54+,55-,56-/m1/s1. The highest BCUT2D eigenvalue weighted by Crippen LogP contribution is 2.33. The number of hydrogen-bond acceptors (Lipinski definition) is 16. The molecule has 8 atom stereocenters. The van der Waals surface area contributed by atoms with Gasteiger partial charge in [-0.1, -0.05) is 104 Å². The number of benzene rings is 2. The SMILES string of the molecule is CC(C)C[C@H]1C(=O)O[C@H](Cc2ccc(Cn3ncnc3CC3CC3)cc2)C(=O)N(C)[C@@H](CC(C)C)C(=O)O[C@H](C)C(=O)N(C)[C@@H](CC(C)C)C(=O)O[C@H](Cc2ccc(Cn3ncnc3CC3CC3)cc2)C(=O)N(C)[C@@H](CC(C)C)C(=O)O[C@H](C)C(=O)N1C. The first kappa shape index (κ1) is 68.0. The van der Waals surface area contributed by atoms with Gasteiger partial charge in [0.05, 0.1) is 13.1 Å². The summed E-state index contributed by atoms with van der Waals surface area (Å²) in [6, 6.07) is 9.73. The summed E-state index contributed by atoms with van der Waals surface area (Å²) >= 11 is 0. The molecule has 22 nitrogen and oxygen atoms in total. The molecule has 3 aliphatic rings. The van der Waals surface area contributed by atoms with E-state index < -0.39 is 96.1 Å². The Labute approximate surface area is 518 Å². The monoisotopic (exact) mass is 1220 g/mol. The highest BCUT2D eigenvalue weighted by Gasteiger charge is 2.43. The summed E-state index contributed by atoms with van der Waals surface area (Å²) in [6.45, 7) is 18.5. The first-order chi connectivity index (χ1) is 41.7. The Morgan fingerprint density at radius 3 is 0.955 bits per heavy atom. The minimum Gasteiger partial charge on any atom is -0.451 e. The predicted molar refractivity (Wildman–Crippen MR) is 326 cm³/mol. The normalized spacial score (nSPS) is 23.9. The Balaban J connectivity index is 1.23. The molecule has 2 saturated carbocycles. The summed E-state index contributed by atoms with van der Waals surface area (Å²) in [4.78, 5) is 132. The fourth-order valence-corrected chi connectivity index (χ4v) is 11.1. The maximum absolute atomic E-state index is 15.1. The second-order valence-corrected chi connectivity index (χ2v) is 26.4. The topological polar surface area (TPSA) is 248 Å². The number of aromatic nitrogens is 6. The first-order valence-electron chi connectivity index (χ1n) is 31.4. The van der Waals surface area contributed by atoms with Crippen LogP contribution in [-0.4, -0.2) is 173 Å². The third-order valence-electron chi connectivity index (χ3n) is 16.8. The van der Waals surface area contributed by atoms with Gasteiger partial charge in [0.15, 0.2) is 24.4 Å². The van der Waals surface area contributed by atoms with Crippen LogP contribution in [0.5, 0.6) is 0 Å². The molecule has 0 bridgehead atoms. The predicted octanol–water partition coefficient (Wildman–Crippen LogP) is 6.85. The molecule has 0 spiro atoms. The molecule has 2 aromatic heterocycles. The van der Waals surface area contributed by atoms with Crippen molar-refractivity contribution in [2.75, 3.05) is 28.2 Å². The number of ether oxygens (including phenoxy) is 4. The minimum atomic E-state index is -1.54. The lowest BCUT2D eigenvalue weighted by atomic mass is 9.99. The van der Waals surface area contributed by atoms with Gasteiger partial charge in [-0.25, -0.2) is 38.5 Å². The molecule has 0 N–H and O–H groups in total. The fraction of sp³-hybridized carbons (Fsp3) is 0.636. The summed E-state index contributed by atoms with van der Waals surface area (Å²) in [5.41, 5.74) is 3.08. The van der Waals surface area contributed by atoms with Gasteiger partial charge in [0.2, 0.25) is 0 Å². The maximum atomic E-state index is 15.1. The largest absolute Gasteiger partial charge is 0.451 e. The highest BCUT2D eigenvalue weighted by molar-refractivity contribution is 5.94. The molecule has 4 aromatic rings. The van der Waals surface area contributed by atoms with Gasteiger partial charge in [0.25, 0.3) is 23.6 Å². The summed E-state index contributed by atoms with van der Waals surface area (Å²) < 4.78 is 28.2. The van der Waals surface area contributed by atoms with Gasteiger partial charge in [0.1, 0.15) is 48.5 Å². The van der Waals surface area contributed by atoms with E-state index in [9.17, 15) is 28.8 Å². The van der Waals surface area contributed by atoms with Crippen molar-refractivity contribution in [3.05, 3.63) is 95.1 Å². The molecule has 1 aliphatic heterocycles. The Kier molecular flexibility index (Phi) is 23.6. The van der Waals surface area contributed by atoms with E-state index in [1.807, 2.05) is 113 Å². The molecular weight excluding hydrogens is 1120 g/mol. The number of nitrogens with zero attached hydrogens (tertiary/aromatic N) is 10. The number of hydrogen-bond donors (Lipinski definition) is 0. The lowest BCUT2D eigenvalue weighted by Gasteiger charge is -2.35. The lowest BCUT2D eigenvalue weighted by molar-refractivity contribution is -0.176. The Morgan fingerprint density at radius 2 is 0.670 bits per heavy atom. The van der Waals surface area contributed by atoms with Crippen molar-refractivity contribution in [2.24, 2.45) is 35.5 Å². The molecule has 3 heterocycles. The molecule has 7 rings (SSSR count). The van der Waals surface area contributed by atoms with E-state index in [1.54, 1.807) is 12.7 Å². The number of esters is 4. The highest BCUT2D eigenvalue weighted by atomic mass is 16.6. The van der Waals surface area contributed by atoms with Crippen LogP contribution < -0.4 is 0 Å². The number of carbonyl (C=O) groups excluding carboxylic acids is 8. The molecule has 2 aromatic carbocycles. The van der Waals surface area contributed by atoms with Crippen LogP contribution in [0, 0.1) is 35.5 Å². The second kappa shape index (κ2) is 30.6. The van der Waals surface area contributed by atoms with Crippen LogP contribution in [0.2, 0.25) is 0 Å². The molecular formula is C66H94N10O12. The molecule has 480 valence electrons. The van der Waals surface area contributed by atoms with Gasteiger partial charge in [-0.2, -0.15) is 10.2 Å².